The van der Waals surface area contributed by atoms with E-state index < -0.39 is 0 Å². The van der Waals surface area contributed by atoms with Gasteiger partial charge in [0, 0.05) is 17.7 Å². The van der Waals surface area contributed by atoms with Crippen molar-refractivity contribution < 1.29 is 14.3 Å². The fraction of sp³-hybridized carbons (Fsp3) is 0.316. The topological polar surface area (TPSA) is 47.6 Å². The van der Waals surface area contributed by atoms with Gasteiger partial charge in [0.2, 0.25) is 5.91 Å². The lowest BCUT2D eigenvalue weighted by molar-refractivity contribution is -0.120. The largest absolute Gasteiger partial charge is 0.496 e. The summed E-state index contributed by atoms with van der Waals surface area (Å²) in [6, 6.07) is 11.6. The first-order valence-corrected chi connectivity index (χ1v) is 7.58. The minimum Gasteiger partial charge on any atom is -0.496 e. The van der Waals surface area contributed by atoms with Gasteiger partial charge in [0.15, 0.2) is 0 Å². The molecule has 2 aromatic carbocycles. The third-order valence-electron chi connectivity index (χ3n) is 3.80. The number of rotatable bonds is 6. The van der Waals surface area contributed by atoms with Crippen LogP contribution in [-0.4, -0.2) is 20.1 Å². The maximum atomic E-state index is 12.2. The molecule has 0 spiro atoms. The highest BCUT2D eigenvalue weighted by Gasteiger charge is 2.11. The van der Waals surface area contributed by atoms with E-state index in [-0.39, 0.29) is 12.3 Å². The van der Waals surface area contributed by atoms with E-state index in [1.165, 1.54) is 0 Å². The molecular formula is C19H23NO3. The van der Waals surface area contributed by atoms with Gasteiger partial charge in [-0.3, -0.25) is 4.79 Å². The number of carbonyl (C=O) groups is 1. The van der Waals surface area contributed by atoms with Gasteiger partial charge in [-0.2, -0.15) is 0 Å². The van der Waals surface area contributed by atoms with E-state index >= 15 is 0 Å². The van der Waals surface area contributed by atoms with Gasteiger partial charge in [-0.05, 0) is 37.1 Å². The molecule has 0 radical (unpaired) electrons. The van der Waals surface area contributed by atoms with Crippen molar-refractivity contribution in [1.29, 1.82) is 0 Å². The smallest absolute Gasteiger partial charge is 0.224 e. The number of nitrogens with one attached hydrogen (secondary N) is 1. The third kappa shape index (κ3) is 4.25. The summed E-state index contributed by atoms with van der Waals surface area (Å²) in [5.41, 5.74) is 4.13. The number of ether oxygens (including phenoxy) is 2. The highest BCUT2D eigenvalue weighted by Crippen LogP contribution is 2.24. The Morgan fingerprint density at radius 1 is 1.04 bits per heavy atom. The lowest BCUT2D eigenvalue weighted by Crippen LogP contribution is -2.25. The predicted octanol–water partition coefficient (Wildman–Crippen LogP) is 3.18. The Kier molecular flexibility index (Phi) is 5.63. The number of methoxy groups -OCH3 is 2. The zero-order chi connectivity index (χ0) is 16.8. The van der Waals surface area contributed by atoms with Crippen LogP contribution in [0.1, 0.15) is 22.3 Å². The molecule has 2 rings (SSSR count). The maximum Gasteiger partial charge on any atom is 0.224 e. The van der Waals surface area contributed by atoms with Crippen LogP contribution in [0.15, 0.2) is 36.4 Å². The van der Waals surface area contributed by atoms with Crippen LogP contribution in [0, 0.1) is 13.8 Å². The molecule has 4 heteroatoms. The van der Waals surface area contributed by atoms with Crippen molar-refractivity contribution >= 4 is 5.91 Å². The summed E-state index contributed by atoms with van der Waals surface area (Å²) in [5, 5.41) is 2.96. The predicted molar refractivity (Wildman–Crippen MR) is 91.0 cm³/mol. The van der Waals surface area contributed by atoms with Crippen LogP contribution < -0.4 is 14.8 Å². The second-order valence-corrected chi connectivity index (χ2v) is 5.53. The summed E-state index contributed by atoms with van der Waals surface area (Å²) >= 11 is 0. The number of hydrogen-bond donors (Lipinski definition) is 1. The molecule has 0 bridgehead atoms. The average molecular weight is 313 g/mol. The Bertz CT molecular complexity index is 695. The molecule has 0 saturated heterocycles. The Balaban J connectivity index is 2.05. The van der Waals surface area contributed by atoms with Gasteiger partial charge in [0.05, 0.1) is 20.6 Å². The van der Waals surface area contributed by atoms with Gasteiger partial charge < -0.3 is 14.8 Å². The second kappa shape index (κ2) is 7.68. The third-order valence-corrected chi connectivity index (χ3v) is 3.80. The molecule has 0 aliphatic carbocycles. The van der Waals surface area contributed by atoms with Crippen LogP contribution in [-0.2, 0) is 17.8 Å². The Labute approximate surface area is 137 Å². The summed E-state index contributed by atoms with van der Waals surface area (Å²) in [4.78, 5) is 12.2. The van der Waals surface area contributed by atoms with Crippen LogP contribution >= 0.6 is 0 Å². The maximum absolute atomic E-state index is 12.2. The summed E-state index contributed by atoms with van der Waals surface area (Å²) in [5.74, 6) is 1.49. The van der Waals surface area contributed by atoms with Crippen molar-refractivity contribution in [3.8, 4) is 11.5 Å². The summed E-state index contributed by atoms with van der Waals surface area (Å²) in [6.45, 7) is 4.50. The van der Waals surface area contributed by atoms with Gasteiger partial charge >= 0.3 is 0 Å². The number of hydrogen-bond acceptors (Lipinski definition) is 3. The highest BCUT2D eigenvalue weighted by molar-refractivity contribution is 5.79. The highest BCUT2D eigenvalue weighted by atomic mass is 16.5. The molecular weight excluding hydrogens is 290 g/mol. The average Bonchev–Trinajstić information content (AvgIpc) is 2.53. The van der Waals surface area contributed by atoms with Gasteiger partial charge in [-0.15, -0.1) is 0 Å². The fourth-order valence-corrected chi connectivity index (χ4v) is 2.64. The van der Waals surface area contributed by atoms with Crippen molar-refractivity contribution in [3.05, 3.63) is 58.7 Å². The first kappa shape index (κ1) is 16.9. The molecule has 0 aliphatic heterocycles. The van der Waals surface area contributed by atoms with Crippen LogP contribution in [0.25, 0.3) is 0 Å². The van der Waals surface area contributed by atoms with E-state index in [2.05, 4.69) is 11.4 Å². The summed E-state index contributed by atoms with van der Waals surface area (Å²) in [7, 11) is 3.26. The molecule has 23 heavy (non-hydrogen) atoms. The zero-order valence-corrected chi connectivity index (χ0v) is 14.1. The normalized spacial score (nSPS) is 10.3. The molecule has 4 nitrogen and oxygen atoms in total. The summed E-state index contributed by atoms with van der Waals surface area (Å²) in [6.07, 6.45) is 0.289. The molecule has 122 valence electrons. The van der Waals surface area contributed by atoms with Crippen molar-refractivity contribution in [3.63, 3.8) is 0 Å². The minimum absolute atomic E-state index is 0.0449. The zero-order valence-electron chi connectivity index (χ0n) is 14.1. The molecule has 0 heterocycles. The first-order valence-electron chi connectivity index (χ1n) is 7.58. The minimum atomic E-state index is -0.0449. The fourth-order valence-electron chi connectivity index (χ4n) is 2.64. The molecule has 0 fully saturated rings. The van der Waals surface area contributed by atoms with Crippen molar-refractivity contribution in [1.82, 2.24) is 5.32 Å². The second-order valence-electron chi connectivity index (χ2n) is 5.53. The molecule has 1 amide bonds. The van der Waals surface area contributed by atoms with Crippen LogP contribution in [0.4, 0.5) is 0 Å². The van der Waals surface area contributed by atoms with Gasteiger partial charge in [0.25, 0.3) is 0 Å². The van der Waals surface area contributed by atoms with E-state index in [1.807, 2.05) is 44.2 Å². The Morgan fingerprint density at radius 2 is 1.74 bits per heavy atom. The van der Waals surface area contributed by atoms with Gasteiger partial charge in [-0.25, -0.2) is 0 Å². The monoisotopic (exact) mass is 313 g/mol. The van der Waals surface area contributed by atoms with Crippen LogP contribution in [0.3, 0.4) is 0 Å². The first-order chi connectivity index (χ1) is 11.0. The number of para-hydroxylation sites is 1. The van der Waals surface area contributed by atoms with E-state index in [0.717, 1.165) is 33.8 Å². The van der Waals surface area contributed by atoms with Crippen molar-refractivity contribution in [2.45, 2.75) is 26.8 Å². The molecule has 2 aromatic rings. The SMILES string of the molecule is COc1ccccc1CC(=O)NCc1c(C)cc(C)cc1OC. The van der Waals surface area contributed by atoms with Gasteiger partial charge in [-0.1, -0.05) is 24.3 Å². The van der Waals surface area contributed by atoms with E-state index in [1.54, 1.807) is 14.2 Å². The molecule has 1 N–H and O–H groups in total. The standard InChI is InChI=1S/C19H23NO3/c1-13-9-14(2)16(18(10-13)23-4)12-20-19(21)11-15-7-5-6-8-17(15)22-3/h5-10H,11-12H2,1-4H3,(H,20,21). The number of carbonyl (C=O) groups excluding carboxylic acids is 1. The van der Waals surface area contributed by atoms with E-state index in [9.17, 15) is 4.79 Å². The Morgan fingerprint density at radius 3 is 2.43 bits per heavy atom. The van der Waals surface area contributed by atoms with Crippen molar-refractivity contribution in [2.75, 3.05) is 14.2 Å². The lowest BCUT2D eigenvalue weighted by atomic mass is 10.0. The number of benzene rings is 2. The molecule has 0 aromatic heterocycles. The number of amides is 1. The van der Waals surface area contributed by atoms with Crippen LogP contribution in [0.2, 0.25) is 0 Å². The molecule has 0 saturated carbocycles. The number of aryl methyl sites for hydroxylation is 2. The van der Waals surface area contributed by atoms with E-state index in [0.29, 0.717) is 6.54 Å². The molecule has 0 unspecified atom stereocenters. The lowest BCUT2D eigenvalue weighted by Gasteiger charge is -2.14. The van der Waals surface area contributed by atoms with Crippen LogP contribution in [0.5, 0.6) is 11.5 Å². The molecule has 0 aliphatic rings. The van der Waals surface area contributed by atoms with Gasteiger partial charge in [0.1, 0.15) is 11.5 Å². The van der Waals surface area contributed by atoms with Crippen molar-refractivity contribution in [2.24, 2.45) is 0 Å². The quantitative estimate of drug-likeness (QED) is 0.891. The summed E-state index contributed by atoms with van der Waals surface area (Å²) < 4.78 is 10.7. The Hall–Kier alpha value is -2.49. The van der Waals surface area contributed by atoms with E-state index in [4.69, 9.17) is 9.47 Å². The molecule has 0 atom stereocenters.